The van der Waals surface area contributed by atoms with E-state index in [1.54, 1.807) is 33.7 Å². The molecule has 0 aliphatic carbocycles. The standard InChI is InChI=1S/C21H25N3O4/c1-23-10-3-6-18(23)19(26)22-9-7-16-8-11-28-21(16)13-24(14-21)20(27)15-4-2-5-17(25)12-15/h2-6,10,12,16,25H,7-9,11,13-14H2,1H3,(H,22,26)/t16-/m0/s1. The number of aromatic hydroxyl groups is 1. The predicted octanol–water partition coefficient (Wildman–Crippen LogP) is 1.78. The van der Waals surface area contributed by atoms with E-state index in [0.717, 1.165) is 12.8 Å². The van der Waals surface area contributed by atoms with Crippen LogP contribution in [0.4, 0.5) is 0 Å². The normalized spacial score (nSPS) is 20.2. The number of carbonyl (C=O) groups is 2. The summed E-state index contributed by atoms with van der Waals surface area (Å²) >= 11 is 0. The van der Waals surface area contributed by atoms with E-state index >= 15 is 0 Å². The molecule has 2 N–H and O–H groups in total. The molecule has 2 amide bonds. The number of carbonyl (C=O) groups excluding carboxylic acids is 2. The Hall–Kier alpha value is -2.80. The van der Waals surface area contributed by atoms with Gasteiger partial charge in [-0.3, -0.25) is 9.59 Å². The van der Waals surface area contributed by atoms with Gasteiger partial charge in [0.05, 0.1) is 13.1 Å². The number of nitrogens with one attached hydrogen (secondary N) is 1. The van der Waals surface area contributed by atoms with Crippen LogP contribution in [0.25, 0.3) is 0 Å². The van der Waals surface area contributed by atoms with Crippen LogP contribution < -0.4 is 5.32 Å². The molecule has 28 heavy (non-hydrogen) atoms. The van der Waals surface area contributed by atoms with E-state index in [1.165, 1.54) is 6.07 Å². The van der Waals surface area contributed by atoms with E-state index < -0.39 is 0 Å². The third kappa shape index (κ3) is 3.38. The maximum absolute atomic E-state index is 12.6. The van der Waals surface area contributed by atoms with Gasteiger partial charge in [0.1, 0.15) is 17.0 Å². The average molecular weight is 383 g/mol. The number of ether oxygens (including phenoxy) is 1. The number of phenolic OH excluding ortho intramolecular Hbond substituents is 1. The van der Waals surface area contributed by atoms with Crippen molar-refractivity contribution in [2.24, 2.45) is 13.0 Å². The Bertz CT molecular complexity index is 885. The number of amides is 2. The Kier molecular flexibility index (Phi) is 4.85. The van der Waals surface area contributed by atoms with Gasteiger partial charge in [-0.25, -0.2) is 0 Å². The summed E-state index contributed by atoms with van der Waals surface area (Å²) in [6.45, 7) is 2.38. The number of benzene rings is 1. The van der Waals surface area contributed by atoms with Crippen molar-refractivity contribution in [3.05, 3.63) is 53.9 Å². The molecule has 1 atom stereocenters. The average Bonchev–Trinajstić information content (AvgIpc) is 3.26. The molecular weight excluding hydrogens is 358 g/mol. The second kappa shape index (κ2) is 7.31. The number of aromatic nitrogens is 1. The van der Waals surface area contributed by atoms with Crippen LogP contribution in [0.5, 0.6) is 5.75 Å². The Morgan fingerprint density at radius 2 is 2.11 bits per heavy atom. The molecule has 2 fully saturated rings. The van der Waals surface area contributed by atoms with Crippen LogP contribution >= 0.6 is 0 Å². The molecule has 2 saturated heterocycles. The minimum atomic E-state index is -0.303. The SMILES string of the molecule is Cn1cccc1C(=O)NCC[C@H]1CCOC12CN(C(=O)c1cccc(O)c1)C2. The molecule has 3 heterocycles. The number of hydrogen-bond acceptors (Lipinski definition) is 4. The van der Waals surface area contributed by atoms with Gasteiger partial charge in [0.25, 0.3) is 11.8 Å². The number of likely N-dealkylation sites (tertiary alicyclic amines) is 1. The molecule has 148 valence electrons. The molecular formula is C21H25N3O4. The molecule has 1 spiro atoms. The summed E-state index contributed by atoms with van der Waals surface area (Å²) in [6, 6.07) is 10.1. The highest BCUT2D eigenvalue weighted by molar-refractivity contribution is 5.95. The van der Waals surface area contributed by atoms with E-state index in [4.69, 9.17) is 4.74 Å². The van der Waals surface area contributed by atoms with Crippen molar-refractivity contribution >= 4 is 11.8 Å². The van der Waals surface area contributed by atoms with Crippen LogP contribution in [0.1, 0.15) is 33.7 Å². The van der Waals surface area contributed by atoms with Gasteiger partial charge in [0.2, 0.25) is 0 Å². The summed E-state index contributed by atoms with van der Waals surface area (Å²) in [5.74, 6) is 0.238. The largest absolute Gasteiger partial charge is 0.508 e. The second-order valence-electron chi connectivity index (χ2n) is 7.66. The zero-order valence-electron chi connectivity index (χ0n) is 15.9. The number of hydrogen-bond donors (Lipinski definition) is 2. The first kappa shape index (κ1) is 18.6. The lowest BCUT2D eigenvalue weighted by molar-refractivity contribution is -0.117. The number of nitrogens with zero attached hydrogens (tertiary/aromatic N) is 2. The van der Waals surface area contributed by atoms with Crippen molar-refractivity contribution < 1.29 is 19.4 Å². The molecule has 4 rings (SSSR count). The van der Waals surface area contributed by atoms with Crippen LogP contribution in [-0.2, 0) is 11.8 Å². The van der Waals surface area contributed by atoms with Crippen molar-refractivity contribution in [1.29, 1.82) is 0 Å². The highest BCUT2D eigenvalue weighted by Crippen LogP contribution is 2.42. The molecule has 1 aromatic heterocycles. The fourth-order valence-corrected chi connectivity index (χ4v) is 4.25. The Labute approximate surface area is 163 Å². The smallest absolute Gasteiger partial charge is 0.267 e. The molecule has 0 saturated carbocycles. The zero-order chi connectivity index (χ0) is 19.7. The lowest BCUT2D eigenvalue weighted by Gasteiger charge is -2.50. The van der Waals surface area contributed by atoms with Crippen LogP contribution in [0.15, 0.2) is 42.6 Å². The van der Waals surface area contributed by atoms with Crippen LogP contribution in [0, 0.1) is 5.92 Å². The van der Waals surface area contributed by atoms with Gasteiger partial charge in [0.15, 0.2) is 0 Å². The van der Waals surface area contributed by atoms with E-state index in [-0.39, 0.29) is 23.2 Å². The zero-order valence-corrected chi connectivity index (χ0v) is 15.9. The molecule has 2 aromatic rings. The van der Waals surface area contributed by atoms with Gasteiger partial charge >= 0.3 is 0 Å². The second-order valence-corrected chi connectivity index (χ2v) is 7.66. The van der Waals surface area contributed by atoms with Crippen molar-refractivity contribution in [3.63, 3.8) is 0 Å². The summed E-state index contributed by atoms with van der Waals surface area (Å²) in [6.07, 6.45) is 3.61. The molecule has 2 aliphatic rings. The topological polar surface area (TPSA) is 83.8 Å². The molecule has 7 nitrogen and oxygen atoms in total. The van der Waals surface area contributed by atoms with Crippen molar-refractivity contribution in [3.8, 4) is 5.75 Å². The van der Waals surface area contributed by atoms with Gasteiger partial charge in [0, 0.05) is 32.0 Å². The van der Waals surface area contributed by atoms with Crippen LogP contribution in [0.2, 0.25) is 0 Å². The summed E-state index contributed by atoms with van der Waals surface area (Å²) in [5, 5.41) is 12.6. The van der Waals surface area contributed by atoms with E-state index in [0.29, 0.717) is 43.4 Å². The Balaban J connectivity index is 1.30. The first-order chi connectivity index (χ1) is 13.5. The highest BCUT2D eigenvalue weighted by Gasteiger charge is 2.54. The van der Waals surface area contributed by atoms with Gasteiger partial charge in [-0.15, -0.1) is 0 Å². The van der Waals surface area contributed by atoms with Gasteiger partial charge in [-0.1, -0.05) is 6.07 Å². The molecule has 0 unspecified atom stereocenters. The fraction of sp³-hybridized carbons (Fsp3) is 0.429. The quantitative estimate of drug-likeness (QED) is 0.824. The predicted molar refractivity (Wildman–Crippen MR) is 103 cm³/mol. The third-order valence-electron chi connectivity index (χ3n) is 5.85. The summed E-state index contributed by atoms with van der Waals surface area (Å²) in [4.78, 5) is 26.6. The minimum Gasteiger partial charge on any atom is -0.508 e. The van der Waals surface area contributed by atoms with Crippen LogP contribution in [-0.4, -0.2) is 58.2 Å². The van der Waals surface area contributed by atoms with Crippen molar-refractivity contribution in [2.75, 3.05) is 26.2 Å². The maximum Gasteiger partial charge on any atom is 0.267 e. The Morgan fingerprint density at radius 3 is 2.82 bits per heavy atom. The van der Waals surface area contributed by atoms with Gasteiger partial charge in [-0.05, 0) is 49.1 Å². The summed E-state index contributed by atoms with van der Waals surface area (Å²) in [5.41, 5.74) is 0.825. The lowest BCUT2D eigenvalue weighted by Crippen LogP contribution is -2.66. The molecule has 0 radical (unpaired) electrons. The number of rotatable bonds is 5. The molecule has 7 heteroatoms. The van der Waals surface area contributed by atoms with Crippen molar-refractivity contribution in [2.45, 2.75) is 18.4 Å². The molecule has 1 aromatic carbocycles. The lowest BCUT2D eigenvalue weighted by atomic mass is 9.78. The highest BCUT2D eigenvalue weighted by atomic mass is 16.5. The monoisotopic (exact) mass is 383 g/mol. The first-order valence-electron chi connectivity index (χ1n) is 9.60. The summed E-state index contributed by atoms with van der Waals surface area (Å²) in [7, 11) is 1.85. The van der Waals surface area contributed by atoms with Gasteiger partial charge in [-0.2, -0.15) is 0 Å². The van der Waals surface area contributed by atoms with E-state index in [1.807, 2.05) is 19.3 Å². The first-order valence-corrected chi connectivity index (χ1v) is 9.60. The number of aryl methyl sites for hydroxylation is 1. The minimum absolute atomic E-state index is 0.0743. The van der Waals surface area contributed by atoms with Crippen LogP contribution in [0.3, 0.4) is 0 Å². The summed E-state index contributed by atoms with van der Waals surface area (Å²) < 4.78 is 7.82. The fourth-order valence-electron chi connectivity index (χ4n) is 4.25. The maximum atomic E-state index is 12.6. The van der Waals surface area contributed by atoms with E-state index in [9.17, 15) is 14.7 Å². The molecule has 2 aliphatic heterocycles. The molecule has 0 bridgehead atoms. The van der Waals surface area contributed by atoms with E-state index in [2.05, 4.69) is 5.32 Å². The Morgan fingerprint density at radius 1 is 1.29 bits per heavy atom. The van der Waals surface area contributed by atoms with Crippen molar-refractivity contribution in [1.82, 2.24) is 14.8 Å². The third-order valence-corrected chi connectivity index (χ3v) is 5.85. The number of phenols is 1. The van der Waals surface area contributed by atoms with Gasteiger partial charge < -0.3 is 24.6 Å².